The zero-order valence-corrected chi connectivity index (χ0v) is 17.0. The van der Waals surface area contributed by atoms with E-state index in [-0.39, 0.29) is 30.1 Å². The van der Waals surface area contributed by atoms with E-state index < -0.39 is 17.4 Å². The summed E-state index contributed by atoms with van der Waals surface area (Å²) in [7, 11) is 1.74. The number of halogens is 1. The third kappa shape index (κ3) is 3.41. The van der Waals surface area contributed by atoms with Crippen LogP contribution in [0, 0.1) is 11.2 Å². The summed E-state index contributed by atoms with van der Waals surface area (Å²) in [6.07, 6.45) is 6.12. The molecular formula is C22H25FN4O3. The van der Waals surface area contributed by atoms with Gasteiger partial charge < -0.3 is 15.5 Å². The zero-order chi connectivity index (χ0) is 21.5. The topological polar surface area (TPSA) is 90.5 Å². The Bertz CT molecular complexity index is 973. The van der Waals surface area contributed by atoms with Gasteiger partial charge in [0, 0.05) is 54.8 Å². The van der Waals surface area contributed by atoms with Gasteiger partial charge in [0.25, 0.3) is 5.91 Å². The van der Waals surface area contributed by atoms with Crippen molar-refractivity contribution in [2.24, 2.45) is 5.41 Å². The fourth-order valence-corrected chi connectivity index (χ4v) is 4.50. The van der Waals surface area contributed by atoms with Gasteiger partial charge in [0.2, 0.25) is 11.8 Å². The molecule has 158 valence electrons. The van der Waals surface area contributed by atoms with Crippen molar-refractivity contribution in [3.05, 3.63) is 53.4 Å². The van der Waals surface area contributed by atoms with Gasteiger partial charge in [-0.15, -0.1) is 0 Å². The lowest BCUT2D eigenvalue weighted by Gasteiger charge is -2.36. The maximum atomic E-state index is 14.4. The number of nitrogens with one attached hydrogen (secondary N) is 3. The van der Waals surface area contributed by atoms with Gasteiger partial charge in [-0.1, -0.05) is 31.2 Å². The second-order valence-corrected chi connectivity index (χ2v) is 8.20. The van der Waals surface area contributed by atoms with E-state index in [1.165, 1.54) is 6.07 Å². The molecule has 0 radical (unpaired) electrons. The van der Waals surface area contributed by atoms with Crippen LogP contribution < -0.4 is 16.0 Å². The van der Waals surface area contributed by atoms with Crippen molar-refractivity contribution in [1.29, 1.82) is 0 Å². The second-order valence-electron chi connectivity index (χ2n) is 8.20. The van der Waals surface area contributed by atoms with E-state index in [1.807, 2.05) is 25.1 Å². The van der Waals surface area contributed by atoms with Gasteiger partial charge in [-0.05, 0) is 18.6 Å². The lowest BCUT2D eigenvalue weighted by molar-refractivity contribution is -0.142. The molecule has 2 saturated heterocycles. The van der Waals surface area contributed by atoms with Crippen LogP contribution in [0.15, 0.2) is 42.0 Å². The van der Waals surface area contributed by atoms with Gasteiger partial charge in [-0.25, -0.2) is 4.39 Å². The van der Waals surface area contributed by atoms with E-state index in [1.54, 1.807) is 24.1 Å². The highest BCUT2D eigenvalue weighted by molar-refractivity contribution is 6.05. The minimum absolute atomic E-state index is 0.187. The highest BCUT2D eigenvalue weighted by Gasteiger charge is 2.52. The first kappa shape index (κ1) is 20.3. The molecule has 8 heteroatoms. The van der Waals surface area contributed by atoms with Crippen LogP contribution in [-0.2, 0) is 20.9 Å². The van der Waals surface area contributed by atoms with Crippen molar-refractivity contribution in [3.63, 3.8) is 0 Å². The minimum atomic E-state index is -0.647. The molecule has 0 aromatic heterocycles. The van der Waals surface area contributed by atoms with Crippen LogP contribution in [0.2, 0.25) is 0 Å². The Labute approximate surface area is 174 Å². The molecule has 3 unspecified atom stereocenters. The number of amides is 3. The summed E-state index contributed by atoms with van der Waals surface area (Å²) in [6.45, 7) is 2.64. The molecule has 3 atom stereocenters. The molecule has 3 amide bonds. The fourth-order valence-electron chi connectivity index (χ4n) is 4.50. The van der Waals surface area contributed by atoms with Gasteiger partial charge in [0.15, 0.2) is 0 Å². The summed E-state index contributed by atoms with van der Waals surface area (Å²) < 4.78 is 14.4. The smallest absolute Gasteiger partial charge is 0.251 e. The van der Waals surface area contributed by atoms with Gasteiger partial charge >= 0.3 is 0 Å². The lowest BCUT2D eigenvalue weighted by atomic mass is 9.74. The van der Waals surface area contributed by atoms with Gasteiger partial charge in [0.05, 0.1) is 0 Å². The number of anilines is 1. The van der Waals surface area contributed by atoms with E-state index in [2.05, 4.69) is 16.0 Å². The number of benzene rings is 1. The minimum Gasteiger partial charge on any atom is -0.388 e. The number of allylic oxidation sites excluding steroid dienone is 2. The molecule has 7 nitrogen and oxygen atoms in total. The van der Waals surface area contributed by atoms with Crippen LogP contribution in [0.3, 0.4) is 0 Å². The summed E-state index contributed by atoms with van der Waals surface area (Å²) in [5, 5.41) is 8.60. The number of hydrogen-bond acceptors (Lipinski definition) is 5. The molecule has 3 N–H and O–H groups in total. The molecule has 2 heterocycles. The van der Waals surface area contributed by atoms with Crippen LogP contribution in [0.25, 0.3) is 0 Å². The number of nitrogens with zero attached hydrogens (tertiary/aromatic N) is 1. The van der Waals surface area contributed by atoms with Crippen molar-refractivity contribution in [2.75, 3.05) is 18.9 Å². The van der Waals surface area contributed by atoms with Crippen molar-refractivity contribution in [3.8, 4) is 0 Å². The number of carbonyl (C=O) groups is 3. The van der Waals surface area contributed by atoms with Crippen LogP contribution in [0.5, 0.6) is 0 Å². The summed E-state index contributed by atoms with van der Waals surface area (Å²) in [6, 6.07) is 4.14. The molecule has 3 aliphatic rings. The first-order valence-electron chi connectivity index (χ1n) is 10.1. The van der Waals surface area contributed by atoms with Crippen LogP contribution in [0.1, 0.15) is 25.3 Å². The monoisotopic (exact) mass is 412 g/mol. The third-order valence-electron chi connectivity index (χ3n) is 6.30. The molecule has 1 aromatic rings. The second kappa shape index (κ2) is 7.68. The number of fused-ring (bicyclic) bond motifs is 1. The van der Waals surface area contributed by atoms with Crippen molar-refractivity contribution >= 4 is 23.4 Å². The molecule has 0 bridgehead atoms. The molecule has 30 heavy (non-hydrogen) atoms. The van der Waals surface area contributed by atoms with Gasteiger partial charge in [-0.3, -0.25) is 19.7 Å². The summed E-state index contributed by atoms with van der Waals surface area (Å²) in [4.78, 5) is 38.4. The number of carbonyl (C=O) groups excluding carboxylic acids is 3. The predicted molar refractivity (Wildman–Crippen MR) is 110 cm³/mol. The number of imide groups is 1. The number of rotatable bonds is 5. The van der Waals surface area contributed by atoms with Crippen molar-refractivity contribution in [2.45, 2.75) is 38.4 Å². The highest BCUT2D eigenvalue weighted by atomic mass is 19.1. The first-order valence-corrected chi connectivity index (χ1v) is 10.1. The van der Waals surface area contributed by atoms with Gasteiger partial charge in [-0.2, -0.15) is 0 Å². The molecule has 1 aliphatic carbocycles. The molecule has 2 fully saturated rings. The SMILES string of the molecule is CNc1ccc(CNC2C=CC=C3C(=O)N(C4CCC(=O)NC4=O)CC32C)c(F)c1. The lowest BCUT2D eigenvalue weighted by Crippen LogP contribution is -2.54. The largest absolute Gasteiger partial charge is 0.388 e. The van der Waals surface area contributed by atoms with Crippen molar-refractivity contribution in [1.82, 2.24) is 15.5 Å². The van der Waals surface area contributed by atoms with Crippen LogP contribution >= 0.6 is 0 Å². The quantitative estimate of drug-likeness (QED) is 0.638. The normalized spacial score (nSPS) is 28.3. The molecule has 0 spiro atoms. The Morgan fingerprint density at radius 2 is 2.10 bits per heavy atom. The standard InChI is InChI=1S/C22H25FN4O3/c1-22-12-27(17-8-9-19(28)26-20(17)29)21(30)15(22)4-3-5-18(22)25-11-13-6-7-14(24-2)10-16(13)23/h3-7,10,17-18,24-25H,8-9,11-12H2,1-2H3,(H,26,28,29). The number of piperidine rings is 1. The zero-order valence-electron chi connectivity index (χ0n) is 17.0. The van der Waals surface area contributed by atoms with Crippen LogP contribution in [0.4, 0.5) is 10.1 Å². The van der Waals surface area contributed by atoms with E-state index >= 15 is 0 Å². The molecule has 1 aromatic carbocycles. The predicted octanol–water partition coefficient (Wildman–Crippen LogP) is 1.48. The maximum Gasteiger partial charge on any atom is 0.251 e. The molecule has 2 aliphatic heterocycles. The highest BCUT2D eigenvalue weighted by Crippen LogP contribution is 2.43. The summed E-state index contributed by atoms with van der Waals surface area (Å²) in [5.74, 6) is -1.22. The molecule has 4 rings (SSSR count). The van der Waals surface area contributed by atoms with Gasteiger partial charge in [0.1, 0.15) is 11.9 Å². The Kier molecular flexibility index (Phi) is 5.19. The first-order chi connectivity index (χ1) is 14.3. The Morgan fingerprint density at radius 3 is 2.80 bits per heavy atom. The number of likely N-dealkylation sites (tertiary alicyclic amines) is 1. The molecular weight excluding hydrogens is 387 g/mol. The van der Waals surface area contributed by atoms with Crippen LogP contribution in [-0.4, -0.2) is 48.3 Å². The van der Waals surface area contributed by atoms with E-state index in [4.69, 9.17) is 0 Å². The molecule has 0 saturated carbocycles. The average molecular weight is 412 g/mol. The Morgan fingerprint density at radius 1 is 1.30 bits per heavy atom. The maximum absolute atomic E-state index is 14.4. The summed E-state index contributed by atoms with van der Waals surface area (Å²) >= 11 is 0. The van der Waals surface area contributed by atoms with E-state index in [9.17, 15) is 18.8 Å². The Balaban J connectivity index is 1.51. The fraction of sp³-hybridized carbons (Fsp3) is 0.409. The van der Waals surface area contributed by atoms with E-state index in [0.717, 1.165) is 0 Å². The van der Waals surface area contributed by atoms with E-state index in [0.29, 0.717) is 36.3 Å². The average Bonchev–Trinajstić information content (AvgIpc) is 2.98. The summed E-state index contributed by atoms with van der Waals surface area (Å²) in [5.41, 5.74) is 1.30. The number of hydrogen-bond donors (Lipinski definition) is 3. The van der Waals surface area contributed by atoms with Crippen molar-refractivity contribution < 1.29 is 18.8 Å². The third-order valence-corrected chi connectivity index (χ3v) is 6.30. The Hall–Kier alpha value is -3.00.